The molecule has 0 spiro atoms. The Labute approximate surface area is 128 Å². The van der Waals surface area contributed by atoms with Crippen molar-refractivity contribution in [2.24, 2.45) is 5.92 Å². The lowest BCUT2D eigenvalue weighted by atomic mass is 9.84. The minimum Gasteiger partial charge on any atom is -0.490 e. The van der Waals surface area contributed by atoms with Crippen molar-refractivity contribution >= 4 is 21.9 Å². The molecule has 1 aliphatic carbocycles. The molecule has 0 saturated heterocycles. The van der Waals surface area contributed by atoms with Crippen molar-refractivity contribution in [1.29, 1.82) is 0 Å². The Morgan fingerprint density at radius 2 is 2.05 bits per heavy atom. The number of halogens is 1. The number of benzene rings is 1. The molecule has 2 rings (SSSR count). The van der Waals surface area contributed by atoms with Gasteiger partial charge in [-0.05, 0) is 57.1 Å². The van der Waals surface area contributed by atoms with Crippen LogP contribution in [0.25, 0.3) is 0 Å². The molecule has 0 atom stereocenters. The fraction of sp³-hybridized carbons (Fsp3) is 0.562. The topological polar surface area (TPSA) is 46.5 Å². The van der Waals surface area contributed by atoms with Gasteiger partial charge in [0.25, 0.3) is 0 Å². The molecule has 0 aromatic heterocycles. The third-order valence-corrected chi connectivity index (χ3v) is 4.93. The van der Waals surface area contributed by atoms with Gasteiger partial charge in [-0.25, -0.2) is 0 Å². The fourth-order valence-corrected chi connectivity index (χ4v) is 3.11. The lowest BCUT2D eigenvalue weighted by Gasteiger charge is -2.29. The van der Waals surface area contributed by atoms with E-state index in [9.17, 15) is 4.79 Å². The normalized spacial score (nSPS) is 22.5. The maximum Gasteiger partial charge on any atom is 0.303 e. The van der Waals surface area contributed by atoms with Gasteiger partial charge >= 0.3 is 5.97 Å². The minimum atomic E-state index is -0.687. The highest BCUT2D eigenvalue weighted by molar-refractivity contribution is 9.10. The van der Waals surface area contributed by atoms with Gasteiger partial charge in [0.2, 0.25) is 0 Å². The first-order chi connectivity index (χ1) is 9.56. The molecule has 4 heteroatoms. The van der Waals surface area contributed by atoms with Crippen molar-refractivity contribution in [3.8, 4) is 5.75 Å². The van der Waals surface area contributed by atoms with E-state index in [1.54, 1.807) is 0 Å². The van der Waals surface area contributed by atoms with E-state index in [-0.39, 0.29) is 6.10 Å². The summed E-state index contributed by atoms with van der Waals surface area (Å²) in [7, 11) is 0. The summed E-state index contributed by atoms with van der Waals surface area (Å²) in [4.78, 5) is 10.6. The molecule has 0 radical (unpaired) electrons. The quantitative estimate of drug-likeness (QED) is 0.854. The smallest absolute Gasteiger partial charge is 0.303 e. The SMILES string of the molecule is Cc1c(Br)cccc1O[C@H]1CC[C@H](CCC(=O)O)CC1. The monoisotopic (exact) mass is 340 g/mol. The van der Waals surface area contributed by atoms with Crippen LogP contribution in [0.5, 0.6) is 5.75 Å². The van der Waals surface area contributed by atoms with Crippen molar-refractivity contribution < 1.29 is 14.6 Å². The summed E-state index contributed by atoms with van der Waals surface area (Å²) in [5.41, 5.74) is 1.14. The highest BCUT2D eigenvalue weighted by atomic mass is 79.9. The summed E-state index contributed by atoms with van der Waals surface area (Å²) in [6.45, 7) is 2.05. The summed E-state index contributed by atoms with van der Waals surface area (Å²) < 4.78 is 7.17. The second-order valence-electron chi connectivity index (χ2n) is 5.56. The Morgan fingerprint density at radius 1 is 1.35 bits per heavy atom. The number of ether oxygens (including phenoxy) is 1. The zero-order valence-corrected chi connectivity index (χ0v) is 13.4. The van der Waals surface area contributed by atoms with E-state index in [0.717, 1.165) is 47.9 Å². The molecule has 1 saturated carbocycles. The first-order valence-corrected chi connectivity index (χ1v) is 7.99. The van der Waals surface area contributed by atoms with E-state index in [1.165, 1.54) is 0 Å². The predicted octanol–water partition coefficient (Wildman–Crippen LogP) is 4.56. The van der Waals surface area contributed by atoms with Crippen LogP contribution < -0.4 is 4.74 Å². The average molecular weight is 341 g/mol. The van der Waals surface area contributed by atoms with Crippen LogP contribution in [0.4, 0.5) is 0 Å². The molecule has 20 heavy (non-hydrogen) atoms. The van der Waals surface area contributed by atoms with Gasteiger partial charge in [-0.2, -0.15) is 0 Å². The van der Waals surface area contributed by atoms with Crippen LogP contribution in [-0.2, 0) is 4.79 Å². The largest absolute Gasteiger partial charge is 0.490 e. The van der Waals surface area contributed by atoms with E-state index < -0.39 is 5.97 Å². The Kier molecular flexibility index (Phi) is 5.46. The molecule has 0 unspecified atom stereocenters. The third-order valence-electron chi connectivity index (χ3n) is 4.07. The Bertz CT molecular complexity index is 465. The predicted molar refractivity (Wildman–Crippen MR) is 82.1 cm³/mol. The zero-order valence-electron chi connectivity index (χ0n) is 11.8. The number of aliphatic carboxylic acids is 1. The standard InChI is InChI=1S/C16H21BrO3/c1-11-14(17)3-2-4-15(11)20-13-8-5-12(6-9-13)7-10-16(18)19/h2-4,12-13H,5-10H2,1H3,(H,18,19)/t12-,13-. The van der Waals surface area contributed by atoms with Crippen LogP contribution in [0, 0.1) is 12.8 Å². The van der Waals surface area contributed by atoms with Crippen molar-refractivity contribution in [1.82, 2.24) is 0 Å². The van der Waals surface area contributed by atoms with Crippen LogP contribution in [0.3, 0.4) is 0 Å². The molecule has 0 bridgehead atoms. The number of carbonyl (C=O) groups is 1. The molecule has 0 aliphatic heterocycles. The van der Waals surface area contributed by atoms with Crippen LogP contribution in [0.15, 0.2) is 22.7 Å². The lowest BCUT2D eigenvalue weighted by Crippen LogP contribution is -2.24. The zero-order chi connectivity index (χ0) is 14.5. The highest BCUT2D eigenvalue weighted by Gasteiger charge is 2.23. The molecule has 0 heterocycles. The van der Waals surface area contributed by atoms with Crippen LogP contribution >= 0.6 is 15.9 Å². The molecule has 1 aromatic rings. The summed E-state index contributed by atoms with van der Waals surface area (Å²) in [5, 5.41) is 8.72. The summed E-state index contributed by atoms with van der Waals surface area (Å²) in [6.07, 6.45) is 5.56. The Morgan fingerprint density at radius 3 is 2.70 bits per heavy atom. The number of hydrogen-bond acceptors (Lipinski definition) is 2. The van der Waals surface area contributed by atoms with Gasteiger partial charge in [0.15, 0.2) is 0 Å². The van der Waals surface area contributed by atoms with Gasteiger partial charge in [0, 0.05) is 16.5 Å². The molecule has 1 fully saturated rings. The van der Waals surface area contributed by atoms with Gasteiger partial charge in [0.05, 0.1) is 6.10 Å². The highest BCUT2D eigenvalue weighted by Crippen LogP contribution is 2.32. The summed E-state index contributed by atoms with van der Waals surface area (Å²) in [5.74, 6) is 0.816. The molecular formula is C16H21BrO3. The number of carboxylic acid groups (broad SMARTS) is 1. The maximum atomic E-state index is 10.6. The Hall–Kier alpha value is -1.03. The van der Waals surface area contributed by atoms with Crippen molar-refractivity contribution in [3.05, 3.63) is 28.2 Å². The molecule has 3 nitrogen and oxygen atoms in total. The molecule has 1 aliphatic rings. The number of hydrogen-bond donors (Lipinski definition) is 1. The lowest BCUT2D eigenvalue weighted by molar-refractivity contribution is -0.137. The first-order valence-electron chi connectivity index (χ1n) is 7.20. The molecule has 1 aromatic carbocycles. The van der Waals surface area contributed by atoms with Crippen molar-refractivity contribution in [2.45, 2.75) is 51.6 Å². The van der Waals surface area contributed by atoms with Gasteiger partial charge in [-0.1, -0.05) is 22.0 Å². The molecule has 0 amide bonds. The van der Waals surface area contributed by atoms with Crippen LogP contribution in [0.1, 0.15) is 44.1 Å². The van der Waals surface area contributed by atoms with E-state index in [2.05, 4.69) is 22.9 Å². The van der Waals surface area contributed by atoms with Gasteiger partial charge < -0.3 is 9.84 Å². The van der Waals surface area contributed by atoms with E-state index in [0.29, 0.717) is 12.3 Å². The fourth-order valence-electron chi connectivity index (χ4n) is 2.76. The van der Waals surface area contributed by atoms with Crippen molar-refractivity contribution in [2.75, 3.05) is 0 Å². The Balaban J connectivity index is 1.82. The van der Waals surface area contributed by atoms with Crippen LogP contribution in [-0.4, -0.2) is 17.2 Å². The van der Waals surface area contributed by atoms with Gasteiger partial charge in [0.1, 0.15) is 5.75 Å². The maximum absolute atomic E-state index is 10.6. The minimum absolute atomic E-state index is 0.268. The second-order valence-corrected chi connectivity index (χ2v) is 6.41. The van der Waals surface area contributed by atoms with Crippen molar-refractivity contribution in [3.63, 3.8) is 0 Å². The van der Waals surface area contributed by atoms with E-state index in [4.69, 9.17) is 9.84 Å². The van der Waals surface area contributed by atoms with E-state index >= 15 is 0 Å². The third kappa shape index (κ3) is 4.23. The van der Waals surface area contributed by atoms with Gasteiger partial charge in [-0.3, -0.25) is 4.79 Å². The van der Waals surface area contributed by atoms with Crippen LogP contribution in [0.2, 0.25) is 0 Å². The summed E-state index contributed by atoms with van der Waals surface area (Å²) in [6, 6.07) is 6.02. The summed E-state index contributed by atoms with van der Waals surface area (Å²) >= 11 is 3.52. The van der Waals surface area contributed by atoms with Gasteiger partial charge in [-0.15, -0.1) is 0 Å². The molecule has 1 N–H and O–H groups in total. The number of rotatable bonds is 5. The number of carboxylic acids is 1. The molecular weight excluding hydrogens is 320 g/mol. The first kappa shape index (κ1) is 15.4. The second kappa shape index (κ2) is 7.11. The average Bonchev–Trinajstić information content (AvgIpc) is 2.43. The van der Waals surface area contributed by atoms with E-state index in [1.807, 2.05) is 18.2 Å². The molecule has 110 valence electrons.